The summed E-state index contributed by atoms with van der Waals surface area (Å²) in [4.78, 5) is 4.84. The van der Waals surface area contributed by atoms with Gasteiger partial charge in [0.1, 0.15) is 11.5 Å². The summed E-state index contributed by atoms with van der Waals surface area (Å²) in [5, 5.41) is 4.64. The van der Waals surface area contributed by atoms with E-state index in [9.17, 15) is 0 Å². The highest BCUT2D eigenvalue weighted by atomic mass is 16.5. The van der Waals surface area contributed by atoms with Crippen LogP contribution in [0.4, 0.5) is 34.1 Å². The van der Waals surface area contributed by atoms with E-state index in [1.54, 1.807) is 14.2 Å². The Morgan fingerprint density at radius 3 is 0.980 bits per heavy atom. The Balaban J connectivity index is 0.000000172. The van der Waals surface area contributed by atoms with E-state index in [0.29, 0.717) is 26.4 Å². The van der Waals surface area contributed by atoms with Crippen molar-refractivity contribution in [2.24, 2.45) is 0 Å². The molecule has 2 aliphatic heterocycles. The van der Waals surface area contributed by atoms with E-state index < -0.39 is 10.8 Å². The first kappa shape index (κ1) is 99.2. The van der Waals surface area contributed by atoms with Gasteiger partial charge in [-0.2, -0.15) is 0 Å². The molecule has 0 aromatic heterocycles. The third-order valence-electron chi connectivity index (χ3n) is 32.7. The SMILES string of the molecule is CCCCCCCCOc1cc2c(cc1OCCCCCCCC)C1(c3cc(C)ccc3-c3ccc(-c4ccc5c(c4)CCc4cc(C)ccc4N5c4ccc5cc(OC)ccc5c4)cc31)c1cc(C)c(C)cc1-2.CCCCCCCCOc1cc2c(cc1OCCCCCCCC)C1(c3cc(C)ccc3-c3ccc(-c4ccc5c(c4)Oc4cc(C)ccc4N5c4ccc5cc(OC)ccc5c4)cc31)c1cc(C)c(C)cc1-2. The molecule has 2 heterocycles. The zero-order chi connectivity index (χ0) is 101. The van der Waals surface area contributed by atoms with Crippen LogP contribution in [-0.2, 0) is 23.7 Å². The summed E-state index contributed by atoms with van der Waals surface area (Å²) < 4.78 is 45.6. The number of methoxy groups -OCH3 is 2. The number of aryl methyl sites for hydroxylation is 10. The van der Waals surface area contributed by atoms with Crippen molar-refractivity contribution in [3.63, 3.8) is 0 Å². The van der Waals surface area contributed by atoms with E-state index in [4.69, 9.17) is 33.2 Å². The minimum Gasteiger partial charge on any atom is -0.497 e. The molecule has 2 spiro atoms. The van der Waals surface area contributed by atoms with E-state index in [1.807, 2.05) is 6.07 Å². The number of benzene rings is 16. The Bertz CT molecular complexity index is 7640. The Morgan fingerprint density at radius 2 is 0.537 bits per heavy atom. The van der Waals surface area contributed by atoms with Crippen LogP contribution in [0.2, 0.25) is 0 Å². The maximum Gasteiger partial charge on any atom is 0.161 e. The van der Waals surface area contributed by atoms with Crippen molar-refractivity contribution in [3.05, 3.63) is 367 Å². The summed E-state index contributed by atoms with van der Waals surface area (Å²) in [6.07, 6.45) is 31.2. The highest BCUT2D eigenvalue weighted by Crippen LogP contribution is 2.68. The number of fused-ring (bicyclic) bond motifs is 26. The largest absolute Gasteiger partial charge is 0.497 e. The van der Waals surface area contributed by atoms with Crippen molar-refractivity contribution in [2.45, 2.75) is 261 Å². The standard InChI is InChI=1S/C70H75NO3.C68H71NO4/c1-8-10-12-14-16-18-34-73-68-44-61-60-38-48(5)49(6)39-63(60)70(65(61)45-69(68)74-35-19-17-15-13-11-9-2)62-37-47(4)20-30-58(62)59-31-26-53(43-64(59)70)50-27-33-67-55(40-50)23-22-54-36-46(3)21-32-66(54)71(67)56-28-24-52-42-57(72-7)29-25-51(52)41-56;1-8-10-12-14-16-18-32-71-66-42-57-56-36-46(5)47(6)37-59(56)68(61(57)43-67(66)72-33-19-17-15-13-11-9-2)58-34-44(3)20-28-54(58)55-29-24-50(40-60(55)68)51-25-31-63-65(41-51)73-64-35-45(4)21-30-62(64)69(63)52-26-22-49-39-53(70-7)27-23-48(49)38-52/h20-21,24-33,36-45H,8-19,22-23,34-35H2,1-7H3;20-31,34-43H,8-19,32-33H2,1-7H3. The number of unbranched alkanes of at least 4 members (excludes halogenated alkanes) is 20. The molecule has 0 bridgehead atoms. The van der Waals surface area contributed by atoms with Crippen molar-refractivity contribution < 1.29 is 33.2 Å². The van der Waals surface area contributed by atoms with Gasteiger partial charge in [0.25, 0.3) is 0 Å². The summed E-state index contributed by atoms with van der Waals surface area (Å²) in [6.45, 7) is 29.8. The molecule has 2 atom stereocenters. The second-order valence-electron chi connectivity index (χ2n) is 42.9. The lowest BCUT2D eigenvalue weighted by Crippen LogP contribution is -2.26. The van der Waals surface area contributed by atoms with Crippen LogP contribution in [0, 0.1) is 55.4 Å². The predicted molar refractivity (Wildman–Crippen MR) is 615 cm³/mol. The van der Waals surface area contributed by atoms with Crippen molar-refractivity contribution in [1.82, 2.24) is 0 Å². The van der Waals surface area contributed by atoms with Crippen LogP contribution in [0.25, 0.3) is 88.3 Å². The minimum absolute atomic E-state index is 0.548. The molecule has 22 rings (SSSR count). The van der Waals surface area contributed by atoms with Crippen LogP contribution in [0.3, 0.4) is 0 Å². The van der Waals surface area contributed by atoms with Gasteiger partial charge >= 0.3 is 0 Å². The van der Waals surface area contributed by atoms with E-state index in [1.165, 1.54) is 301 Å². The average molecular weight is 1940 g/mol. The monoisotopic (exact) mass is 1940 g/mol. The predicted octanol–water partition coefficient (Wildman–Crippen LogP) is 38.3. The molecule has 0 N–H and O–H groups in total. The fourth-order valence-electron chi connectivity index (χ4n) is 24.6. The second-order valence-corrected chi connectivity index (χ2v) is 42.9. The molecule has 9 heteroatoms. The Kier molecular flexibility index (Phi) is 29.3. The second kappa shape index (κ2) is 43.3. The van der Waals surface area contributed by atoms with Gasteiger partial charge in [-0.3, -0.25) is 0 Å². The lowest BCUT2D eigenvalue weighted by Gasteiger charge is -2.33. The van der Waals surface area contributed by atoms with Gasteiger partial charge < -0.3 is 43.0 Å². The number of nitrogens with zero attached hydrogens (tertiary/aromatic N) is 2. The molecule has 9 nitrogen and oxygen atoms in total. The van der Waals surface area contributed by atoms with Gasteiger partial charge in [-0.25, -0.2) is 0 Å². The summed E-state index contributed by atoms with van der Waals surface area (Å²) in [5.41, 5.74) is 44.0. The minimum atomic E-state index is -0.579. The Labute approximate surface area is 874 Å². The van der Waals surface area contributed by atoms with Crippen LogP contribution in [-0.4, -0.2) is 40.6 Å². The van der Waals surface area contributed by atoms with Crippen molar-refractivity contribution >= 4 is 55.7 Å². The first-order valence-electron chi connectivity index (χ1n) is 55.5. The molecule has 2 unspecified atom stereocenters. The fourth-order valence-corrected chi connectivity index (χ4v) is 24.6. The van der Waals surface area contributed by atoms with Crippen LogP contribution >= 0.6 is 0 Å². The van der Waals surface area contributed by atoms with Crippen molar-refractivity contribution in [3.8, 4) is 113 Å². The quantitative estimate of drug-likeness (QED) is 0.0352. The maximum atomic E-state index is 6.95. The molecule has 16 aromatic carbocycles. The normalized spacial score (nSPS) is 14.7. The van der Waals surface area contributed by atoms with Crippen LogP contribution < -0.4 is 43.0 Å². The number of hydrogen-bond acceptors (Lipinski definition) is 9. The molecule has 4 aliphatic carbocycles. The summed E-state index contributed by atoms with van der Waals surface area (Å²) in [6, 6.07) is 102. The third-order valence-corrected chi connectivity index (χ3v) is 32.7. The highest BCUT2D eigenvalue weighted by Gasteiger charge is 2.55. The van der Waals surface area contributed by atoms with Gasteiger partial charge in [0.05, 0.1) is 62.9 Å². The number of rotatable bonds is 38. The topological polar surface area (TPSA) is 71.1 Å². The van der Waals surface area contributed by atoms with Crippen LogP contribution in [0.1, 0.15) is 282 Å². The molecular weight excluding hydrogens is 1800 g/mol. The van der Waals surface area contributed by atoms with Gasteiger partial charge in [-0.1, -0.05) is 312 Å². The van der Waals surface area contributed by atoms with Crippen molar-refractivity contribution in [1.29, 1.82) is 0 Å². The Morgan fingerprint density at radius 1 is 0.238 bits per heavy atom. The van der Waals surface area contributed by atoms with Gasteiger partial charge in [-0.05, 0) is 393 Å². The molecule has 750 valence electrons. The zero-order valence-electron chi connectivity index (χ0n) is 89.4. The van der Waals surface area contributed by atoms with E-state index in [2.05, 4.69) is 354 Å². The molecule has 147 heavy (non-hydrogen) atoms. The third kappa shape index (κ3) is 19.0. The number of anilines is 6. The average Bonchev–Trinajstić information content (AvgIpc) is 1.50. The summed E-state index contributed by atoms with van der Waals surface area (Å²) >= 11 is 0. The van der Waals surface area contributed by atoms with Gasteiger partial charge in [0.2, 0.25) is 0 Å². The fraction of sp³-hybridized carbons (Fsp3) is 0.333. The smallest absolute Gasteiger partial charge is 0.161 e. The number of ether oxygens (including phenoxy) is 7. The number of hydrogen-bond donors (Lipinski definition) is 0. The Hall–Kier alpha value is -13.8. The molecule has 6 aliphatic rings. The summed E-state index contributed by atoms with van der Waals surface area (Å²) in [7, 11) is 3.45. The lowest BCUT2D eigenvalue weighted by atomic mass is 9.69. The molecular formula is C138H146N2O7. The molecule has 0 amide bonds. The highest BCUT2D eigenvalue weighted by molar-refractivity contribution is 6.02. The van der Waals surface area contributed by atoms with Crippen molar-refractivity contribution in [2.75, 3.05) is 50.4 Å². The van der Waals surface area contributed by atoms with Gasteiger partial charge in [0, 0.05) is 22.7 Å². The van der Waals surface area contributed by atoms with E-state index >= 15 is 0 Å². The van der Waals surface area contributed by atoms with Crippen LogP contribution in [0.15, 0.2) is 267 Å². The van der Waals surface area contributed by atoms with E-state index in [0.717, 1.165) is 135 Å². The first-order valence-corrected chi connectivity index (χ1v) is 55.5. The molecule has 0 saturated heterocycles. The molecule has 0 fully saturated rings. The maximum absolute atomic E-state index is 6.95. The van der Waals surface area contributed by atoms with Crippen LogP contribution in [0.5, 0.6) is 46.0 Å². The molecule has 0 radical (unpaired) electrons. The van der Waals surface area contributed by atoms with Gasteiger partial charge in [0.15, 0.2) is 34.5 Å². The first-order chi connectivity index (χ1) is 71.9. The molecule has 16 aromatic rings. The molecule has 0 saturated carbocycles. The van der Waals surface area contributed by atoms with E-state index in [-0.39, 0.29) is 0 Å². The van der Waals surface area contributed by atoms with Gasteiger partial charge in [-0.15, -0.1) is 0 Å². The lowest BCUT2D eigenvalue weighted by molar-refractivity contribution is 0.258. The zero-order valence-corrected chi connectivity index (χ0v) is 89.4. The summed E-state index contributed by atoms with van der Waals surface area (Å²) in [5.74, 6) is 6.86.